The second kappa shape index (κ2) is 2.84. The Morgan fingerprint density at radius 3 is 3.18 bits per heavy atom. The van der Waals surface area contributed by atoms with E-state index >= 15 is 0 Å². The summed E-state index contributed by atoms with van der Waals surface area (Å²) < 4.78 is 0. The fourth-order valence-corrected chi connectivity index (χ4v) is 3.35. The van der Waals surface area contributed by atoms with Crippen LogP contribution in [0, 0.1) is 5.92 Å². The molecule has 0 aromatic rings. The first-order valence-corrected chi connectivity index (χ1v) is 5.27. The van der Waals surface area contributed by atoms with Gasteiger partial charge in [0, 0.05) is 5.92 Å². The Balaban J connectivity index is 2.34. The fourth-order valence-electron chi connectivity index (χ4n) is 1.31. The van der Waals surface area contributed by atoms with Crippen molar-refractivity contribution in [3.05, 3.63) is 11.0 Å². The maximum absolute atomic E-state index is 5.17. The number of nitrogens with one attached hydrogen (secondary N) is 1. The van der Waals surface area contributed by atoms with Crippen LogP contribution in [0.25, 0.3) is 0 Å². The van der Waals surface area contributed by atoms with Crippen LogP contribution >= 0.6 is 36.2 Å². The number of rotatable bonds is 0. The van der Waals surface area contributed by atoms with Crippen LogP contribution < -0.4 is 5.32 Å². The van der Waals surface area contributed by atoms with E-state index in [0.29, 0.717) is 5.92 Å². The molecule has 4 heteroatoms. The molecule has 1 N–H and O–H groups in total. The topological polar surface area (TPSA) is 12.0 Å². The number of thioether (sulfide) groups is 1. The molecule has 0 bridgehead atoms. The summed E-state index contributed by atoms with van der Waals surface area (Å²) in [5.41, 5.74) is 0. The summed E-state index contributed by atoms with van der Waals surface area (Å²) in [7, 11) is 0. The lowest BCUT2D eigenvalue weighted by molar-refractivity contribution is 0.830. The van der Waals surface area contributed by atoms with Crippen molar-refractivity contribution in [3.8, 4) is 0 Å². The summed E-state index contributed by atoms with van der Waals surface area (Å²) in [5, 5.41) is 3.02. The monoisotopic (exact) mass is 201 g/mol. The summed E-state index contributed by atoms with van der Waals surface area (Å²) >= 11 is 12.1. The van der Waals surface area contributed by atoms with E-state index < -0.39 is 0 Å². The Morgan fingerprint density at radius 1 is 1.55 bits per heavy atom. The predicted molar refractivity (Wildman–Crippen MR) is 57.0 cm³/mol. The lowest BCUT2D eigenvalue weighted by Crippen LogP contribution is -2.35. The molecule has 2 aliphatic rings. The first-order valence-electron chi connectivity index (χ1n) is 3.46. The van der Waals surface area contributed by atoms with E-state index in [-0.39, 0.29) is 0 Å². The molecule has 1 nitrogen and oxygen atoms in total. The van der Waals surface area contributed by atoms with Crippen LogP contribution in [-0.2, 0) is 0 Å². The number of fused-ring (bicyclic) bond motifs is 1. The quantitative estimate of drug-likeness (QED) is 0.600. The average Bonchev–Trinajstić information content (AvgIpc) is 2.34. The zero-order chi connectivity index (χ0) is 7.84. The van der Waals surface area contributed by atoms with Crippen LogP contribution in [0.1, 0.15) is 6.42 Å². The molecule has 2 rings (SSSR count). The third kappa shape index (κ3) is 1.35. The van der Waals surface area contributed by atoms with Crippen LogP contribution in [0.4, 0.5) is 0 Å². The number of thiocarbonyl (C=S) groups is 2. The maximum atomic E-state index is 5.17. The van der Waals surface area contributed by atoms with Gasteiger partial charge < -0.3 is 5.32 Å². The molecule has 1 atom stereocenters. The van der Waals surface area contributed by atoms with Gasteiger partial charge in [-0.25, -0.2) is 0 Å². The summed E-state index contributed by atoms with van der Waals surface area (Å²) in [5.74, 6) is 1.66. The molecular formula is C7H7NS3. The van der Waals surface area contributed by atoms with Gasteiger partial charge in [0.25, 0.3) is 0 Å². The molecule has 0 aliphatic carbocycles. The van der Waals surface area contributed by atoms with Crippen molar-refractivity contribution in [2.75, 3.05) is 5.75 Å². The molecule has 0 spiro atoms. The van der Waals surface area contributed by atoms with Gasteiger partial charge in [-0.05, 0) is 23.2 Å². The molecule has 0 saturated carbocycles. The van der Waals surface area contributed by atoms with Gasteiger partial charge in [-0.2, -0.15) is 0 Å². The molecule has 0 aromatic carbocycles. The number of hydrogen-bond acceptors (Lipinski definition) is 3. The van der Waals surface area contributed by atoms with Gasteiger partial charge in [-0.15, -0.1) is 11.8 Å². The van der Waals surface area contributed by atoms with Crippen molar-refractivity contribution >= 4 is 46.2 Å². The van der Waals surface area contributed by atoms with Crippen LogP contribution in [0.5, 0.6) is 0 Å². The molecule has 0 radical (unpaired) electrons. The zero-order valence-corrected chi connectivity index (χ0v) is 8.24. The SMILES string of the molecule is S=C1C=C2SCC[C@H]2C(=S)N1. The van der Waals surface area contributed by atoms with Gasteiger partial charge in [-0.3, -0.25) is 0 Å². The van der Waals surface area contributed by atoms with E-state index in [0.717, 1.165) is 9.98 Å². The molecule has 1 saturated heterocycles. The van der Waals surface area contributed by atoms with Gasteiger partial charge in [0.2, 0.25) is 0 Å². The van der Waals surface area contributed by atoms with Crippen LogP contribution in [0.2, 0.25) is 0 Å². The third-order valence-electron chi connectivity index (χ3n) is 1.85. The van der Waals surface area contributed by atoms with E-state index in [1.807, 2.05) is 17.8 Å². The van der Waals surface area contributed by atoms with E-state index in [1.54, 1.807) is 0 Å². The summed E-state index contributed by atoms with van der Waals surface area (Å²) in [4.78, 5) is 3.05. The lowest BCUT2D eigenvalue weighted by atomic mass is 10.0. The van der Waals surface area contributed by atoms with Crippen LogP contribution in [0.15, 0.2) is 11.0 Å². The molecule has 2 heterocycles. The van der Waals surface area contributed by atoms with Crippen molar-refractivity contribution in [2.24, 2.45) is 5.92 Å². The minimum absolute atomic E-state index is 0.474. The summed E-state index contributed by atoms with van der Waals surface area (Å²) in [6.07, 6.45) is 3.21. The van der Waals surface area contributed by atoms with Gasteiger partial charge in [0.15, 0.2) is 0 Å². The average molecular weight is 201 g/mol. The van der Waals surface area contributed by atoms with E-state index in [9.17, 15) is 0 Å². The maximum Gasteiger partial charge on any atom is 0.104 e. The Hall–Kier alpha value is 0.0700. The van der Waals surface area contributed by atoms with Crippen molar-refractivity contribution < 1.29 is 0 Å². The predicted octanol–water partition coefficient (Wildman–Crippen LogP) is 1.88. The lowest BCUT2D eigenvalue weighted by Gasteiger charge is -2.19. The fraction of sp³-hybridized carbons (Fsp3) is 0.429. The van der Waals surface area contributed by atoms with E-state index in [2.05, 4.69) is 5.32 Å². The summed E-state index contributed by atoms with van der Waals surface area (Å²) in [6.45, 7) is 0. The Bertz CT molecular complexity index is 256. The Labute approximate surface area is 80.6 Å². The van der Waals surface area contributed by atoms with Crippen molar-refractivity contribution in [3.63, 3.8) is 0 Å². The number of hydrogen-bond donors (Lipinski definition) is 1. The second-order valence-corrected chi connectivity index (χ2v) is 4.64. The normalized spacial score (nSPS) is 29.5. The molecular weight excluding hydrogens is 194 g/mol. The van der Waals surface area contributed by atoms with E-state index in [1.165, 1.54) is 17.1 Å². The van der Waals surface area contributed by atoms with Crippen LogP contribution in [0.3, 0.4) is 0 Å². The first kappa shape index (κ1) is 7.71. The highest BCUT2D eigenvalue weighted by Crippen LogP contribution is 2.38. The molecule has 2 aliphatic heterocycles. The molecule has 1 fully saturated rings. The summed E-state index contributed by atoms with van der Waals surface area (Å²) in [6, 6.07) is 0. The van der Waals surface area contributed by atoms with Gasteiger partial charge in [-0.1, -0.05) is 24.4 Å². The first-order chi connectivity index (χ1) is 5.27. The minimum Gasteiger partial charge on any atom is -0.341 e. The molecule has 0 unspecified atom stereocenters. The van der Waals surface area contributed by atoms with Crippen LogP contribution in [-0.4, -0.2) is 15.7 Å². The van der Waals surface area contributed by atoms with Crippen molar-refractivity contribution in [1.82, 2.24) is 5.32 Å². The molecule has 0 aromatic heterocycles. The smallest absolute Gasteiger partial charge is 0.104 e. The second-order valence-electron chi connectivity index (χ2n) is 2.59. The van der Waals surface area contributed by atoms with Crippen molar-refractivity contribution in [2.45, 2.75) is 6.42 Å². The highest BCUT2D eigenvalue weighted by atomic mass is 32.2. The van der Waals surface area contributed by atoms with Crippen molar-refractivity contribution in [1.29, 1.82) is 0 Å². The third-order valence-corrected chi connectivity index (χ3v) is 3.64. The Morgan fingerprint density at radius 2 is 2.36 bits per heavy atom. The standard InChI is InChI=1S/C7H7NS3/c9-6-3-5-4(1-2-11-5)7(10)8-6/h3-4H,1-2H2,(H,8,9,10)/t4-/m1/s1. The highest BCUT2D eigenvalue weighted by molar-refractivity contribution is 8.03. The Kier molecular flexibility index (Phi) is 1.99. The molecule has 11 heavy (non-hydrogen) atoms. The minimum atomic E-state index is 0.474. The van der Waals surface area contributed by atoms with Gasteiger partial charge in [0.1, 0.15) is 4.99 Å². The largest absolute Gasteiger partial charge is 0.341 e. The molecule has 0 amide bonds. The highest BCUT2D eigenvalue weighted by Gasteiger charge is 2.29. The van der Waals surface area contributed by atoms with E-state index in [4.69, 9.17) is 24.4 Å². The molecule has 58 valence electrons. The zero-order valence-electron chi connectivity index (χ0n) is 5.79. The van der Waals surface area contributed by atoms with Gasteiger partial charge in [0.05, 0.1) is 4.99 Å². The van der Waals surface area contributed by atoms with Gasteiger partial charge >= 0.3 is 0 Å².